The summed E-state index contributed by atoms with van der Waals surface area (Å²) in [4.78, 5) is 14.1. The van der Waals surface area contributed by atoms with Gasteiger partial charge in [-0.3, -0.25) is 4.79 Å². The number of benzene rings is 1. The van der Waals surface area contributed by atoms with Crippen LogP contribution in [0.25, 0.3) is 0 Å². The third-order valence-electron chi connectivity index (χ3n) is 3.14. The first-order valence-electron chi connectivity index (χ1n) is 6.75. The molecule has 1 heterocycles. The number of esters is 1. The molecule has 0 amide bonds. The normalized spacial score (nSPS) is 16.3. The summed E-state index contributed by atoms with van der Waals surface area (Å²) in [6.07, 6.45) is 0. The monoisotopic (exact) mass is 262 g/mol. The Morgan fingerprint density at radius 3 is 2.26 bits per heavy atom. The van der Waals surface area contributed by atoms with Crippen molar-refractivity contribution in [2.75, 3.05) is 31.1 Å². The standard InChI is InChI=1S/C15H22N2O2/c1-15(2,3)14(18)19-13-6-4-12(5-7-13)17-10-8-16-9-11-17/h4-7,16H,8-11H2,1-3H3. The number of piperazine rings is 1. The van der Waals surface area contributed by atoms with Crippen molar-refractivity contribution in [1.29, 1.82) is 0 Å². The number of ether oxygens (including phenoxy) is 1. The molecule has 1 aliphatic rings. The van der Waals surface area contributed by atoms with Gasteiger partial charge in [-0.25, -0.2) is 0 Å². The third kappa shape index (κ3) is 3.70. The van der Waals surface area contributed by atoms with Crippen molar-refractivity contribution in [2.24, 2.45) is 5.41 Å². The van der Waals surface area contributed by atoms with Crippen LogP contribution in [0.5, 0.6) is 5.75 Å². The highest BCUT2D eigenvalue weighted by molar-refractivity contribution is 5.78. The highest BCUT2D eigenvalue weighted by Crippen LogP contribution is 2.22. The Balaban J connectivity index is 2.00. The first kappa shape index (κ1) is 13.9. The zero-order valence-electron chi connectivity index (χ0n) is 11.9. The minimum atomic E-state index is -0.475. The van der Waals surface area contributed by atoms with E-state index in [0.717, 1.165) is 26.2 Å². The van der Waals surface area contributed by atoms with Crippen molar-refractivity contribution >= 4 is 11.7 Å². The Hall–Kier alpha value is -1.55. The maximum Gasteiger partial charge on any atom is 0.316 e. The summed E-state index contributed by atoms with van der Waals surface area (Å²) in [7, 11) is 0. The molecule has 0 spiro atoms. The van der Waals surface area contributed by atoms with Gasteiger partial charge in [-0.05, 0) is 45.0 Å². The molecule has 1 aliphatic heterocycles. The molecule has 2 rings (SSSR count). The highest BCUT2D eigenvalue weighted by Gasteiger charge is 2.23. The molecule has 0 aliphatic carbocycles. The summed E-state index contributed by atoms with van der Waals surface area (Å²) in [6, 6.07) is 7.75. The van der Waals surface area contributed by atoms with Crippen LogP contribution in [0, 0.1) is 5.41 Å². The van der Waals surface area contributed by atoms with Crippen molar-refractivity contribution < 1.29 is 9.53 Å². The van der Waals surface area contributed by atoms with Crippen LogP contribution >= 0.6 is 0 Å². The second-order valence-electron chi connectivity index (χ2n) is 5.87. The van der Waals surface area contributed by atoms with E-state index in [0.29, 0.717) is 5.75 Å². The zero-order valence-corrected chi connectivity index (χ0v) is 11.9. The summed E-state index contributed by atoms with van der Waals surface area (Å²) in [5.74, 6) is 0.404. The average molecular weight is 262 g/mol. The van der Waals surface area contributed by atoms with Gasteiger partial charge in [-0.2, -0.15) is 0 Å². The number of hydrogen-bond donors (Lipinski definition) is 1. The molecule has 0 saturated carbocycles. The minimum Gasteiger partial charge on any atom is -0.426 e. The van der Waals surface area contributed by atoms with E-state index in [1.807, 2.05) is 45.0 Å². The quantitative estimate of drug-likeness (QED) is 0.654. The molecule has 0 atom stereocenters. The van der Waals surface area contributed by atoms with E-state index < -0.39 is 5.41 Å². The fourth-order valence-corrected chi connectivity index (χ4v) is 1.91. The molecule has 1 N–H and O–H groups in total. The number of anilines is 1. The smallest absolute Gasteiger partial charge is 0.316 e. The summed E-state index contributed by atoms with van der Waals surface area (Å²) >= 11 is 0. The SMILES string of the molecule is CC(C)(C)C(=O)Oc1ccc(N2CCNCC2)cc1. The molecule has 19 heavy (non-hydrogen) atoms. The van der Waals surface area contributed by atoms with Crippen LogP contribution in [0.3, 0.4) is 0 Å². The molecule has 0 bridgehead atoms. The van der Waals surface area contributed by atoms with Gasteiger partial charge in [0.05, 0.1) is 5.41 Å². The first-order chi connectivity index (χ1) is 8.97. The number of nitrogens with one attached hydrogen (secondary N) is 1. The molecular weight excluding hydrogens is 240 g/mol. The van der Waals surface area contributed by atoms with Crippen LogP contribution < -0.4 is 15.0 Å². The largest absolute Gasteiger partial charge is 0.426 e. The molecule has 1 fully saturated rings. The predicted molar refractivity (Wildman–Crippen MR) is 76.6 cm³/mol. The van der Waals surface area contributed by atoms with Crippen molar-refractivity contribution in [1.82, 2.24) is 5.32 Å². The van der Waals surface area contributed by atoms with Gasteiger partial charge in [-0.1, -0.05) is 0 Å². The Bertz CT molecular complexity index is 428. The highest BCUT2D eigenvalue weighted by atomic mass is 16.5. The van der Waals surface area contributed by atoms with Crippen LogP contribution in [0.1, 0.15) is 20.8 Å². The van der Waals surface area contributed by atoms with E-state index in [9.17, 15) is 4.79 Å². The Kier molecular flexibility index (Phi) is 4.10. The summed E-state index contributed by atoms with van der Waals surface area (Å²) in [5, 5.41) is 3.33. The van der Waals surface area contributed by atoms with Gasteiger partial charge < -0.3 is 15.0 Å². The maximum absolute atomic E-state index is 11.8. The third-order valence-corrected chi connectivity index (χ3v) is 3.14. The summed E-state index contributed by atoms with van der Waals surface area (Å²) in [6.45, 7) is 9.61. The van der Waals surface area contributed by atoms with Gasteiger partial charge in [0.2, 0.25) is 0 Å². The molecular formula is C15H22N2O2. The van der Waals surface area contributed by atoms with Crippen LogP contribution in [0.15, 0.2) is 24.3 Å². The Labute approximate surface area is 114 Å². The molecule has 0 radical (unpaired) electrons. The van der Waals surface area contributed by atoms with Crippen molar-refractivity contribution in [2.45, 2.75) is 20.8 Å². The van der Waals surface area contributed by atoms with Gasteiger partial charge in [-0.15, -0.1) is 0 Å². The molecule has 4 heteroatoms. The molecule has 104 valence electrons. The molecule has 1 saturated heterocycles. The van der Waals surface area contributed by atoms with Crippen molar-refractivity contribution in [3.63, 3.8) is 0 Å². The van der Waals surface area contributed by atoms with Crippen LogP contribution in [-0.2, 0) is 4.79 Å². The van der Waals surface area contributed by atoms with Crippen molar-refractivity contribution in [3.8, 4) is 5.75 Å². The van der Waals surface area contributed by atoms with Crippen LogP contribution in [0.2, 0.25) is 0 Å². The van der Waals surface area contributed by atoms with E-state index in [-0.39, 0.29) is 5.97 Å². The predicted octanol–water partition coefficient (Wildman–Crippen LogP) is 2.05. The van der Waals surface area contributed by atoms with Gasteiger partial charge in [0.25, 0.3) is 0 Å². The van der Waals surface area contributed by atoms with Crippen molar-refractivity contribution in [3.05, 3.63) is 24.3 Å². The van der Waals surface area contributed by atoms with E-state index in [4.69, 9.17) is 4.74 Å². The lowest BCUT2D eigenvalue weighted by Crippen LogP contribution is -2.43. The first-order valence-corrected chi connectivity index (χ1v) is 6.75. The van der Waals surface area contributed by atoms with E-state index in [1.54, 1.807) is 0 Å². The molecule has 1 aromatic carbocycles. The number of rotatable bonds is 2. The number of nitrogens with zero attached hydrogens (tertiary/aromatic N) is 1. The van der Waals surface area contributed by atoms with Gasteiger partial charge in [0.1, 0.15) is 5.75 Å². The lowest BCUT2D eigenvalue weighted by Gasteiger charge is -2.29. The number of carbonyl (C=O) groups is 1. The van der Waals surface area contributed by atoms with E-state index in [2.05, 4.69) is 10.2 Å². The van der Waals surface area contributed by atoms with Gasteiger partial charge in [0, 0.05) is 31.9 Å². The molecule has 4 nitrogen and oxygen atoms in total. The number of hydrogen-bond acceptors (Lipinski definition) is 4. The maximum atomic E-state index is 11.8. The fourth-order valence-electron chi connectivity index (χ4n) is 1.91. The number of carbonyl (C=O) groups excluding carboxylic acids is 1. The topological polar surface area (TPSA) is 41.6 Å². The lowest BCUT2D eigenvalue weighted by atomic mass is 9.97. The summed E-state index contributed by atoms with van der Waals surface area (Å²) < 4.78 is 5.35. The molecule has 0 unspecified atom stereocenters. The summed E-state index contributed by atoms with van der Waals surface area (Å²) in [5.41, 5.74) is 0.703. The van der Waals surface area contributed by atoms with Gasteiger partial charge >= 0.3 is 5.97 Å². The second kappa shape index (κ2) is 5.61. The molecule has 0 aromatic heterocycles. The minimum absolute atomic E-state index is 0.206. The second-order valence-corrected chi connectivity index (χ2v) is 5.87. The zero-order chi connectivity index (χ0) is 13.9. The Morgan fingerprint density at radius 1 is 1.16 bits per heavy atom. The fraction of sp³-hybridized carbons (Fsp3) is 0.533. The van der Waals surface area contributed by atoms with Gasteiger partial charge in [0.15, 0.2) is 0 Å². The lowest BCUT2D eigenvalue weighted by molar-refractivity contribution is -0.142. The Morgan fingerprint density at radius 2 is 1.74 bits per heavy atom. The van der Waals surface area contributed by atoms with Crippen LogP contribution in [-0.4, -0.2) is 32.1 Å². The van der Waals surface area contributed by atoms with E-state index >= 15 is 0 Å². The average Bonchev–Trinajstić information content (AvgIpc) is 2.39. The van der Waals surface area contributed by atoms with E-state index in [1.165, 1.54) is 5.69 Å². The van der Waals surface area contributed by atoms with Crippen LogP contribution in [0.4, 0.5) is 5.69 Å². The molecule has 1 aromatic rings.